The molecule has 5 nitrogen and oxygen atoms in total. The van der Waals surface area contributed by atoms with Gasteiger partial charge in [-0.3, -0.25) is 10.1 Å². The van der Waals surface area contributed by atoms with Crippen molar-refractivity contribution in [3.8, 4) is 0 Å². The summed E-state index contributed by atoms with van der Waals surface area (Å²) in [6, 6.07) is 17.4. The molecule has 5 heteroatoms. The maximum atomic E-state index is 12.9. The lowest BCUT2D eigenvalue weighted by Crippen LogP contribution is -2.46. The van der Waals surface area contributed by atoms with Gasteiger partial charge in [-0.15, -0.1) is 0 Å². The first-order valence-corrected chi connectivity index (χ1v) is 9.54. The summed E-state index contributed by atoms with van der Waals surface area (Å²) < 4.78 is 10.8. The van der Waals surface area contributed by atoms with Crippen molar-refractivity contribution < 1.29 is 19.1 Å². The number of esters is 2. The molecule has 1 unspecified atom stereocenters. The highest BCUT2D eigenvalue weighted by atomic mass is 16.6. The van der Waals surface area contributed by atoms with Crippen LogP contribution in [0.2, 0.25) is 0 Å². The van der Waals surface area contributed by atoms with E-state index in [4.69, 9.17) is 9.47 Å². The third-order valence-electron chi connectivity index (χ3n) is 4.00. The smallest absolute Gasteiger partial charge is 0.327 e. The van der Waals surface area contributed by atoms with Gasteiger partial charge in [0.1, 0.15) is 17.7 Å². The molecule has 0 aliphatic rings. The monoisotopic (exact) mass is 383 g/mol. The van der Waals surface area contributed by atoms with E-state index in [1.807, 2.05) is 81.4 Å². The lowest BCUT2D eigenvalue weighted by Gasteiger charge is -2.27. The van der Waals surface area contributed by atoms with E-state index in [2.05, 4.69) is 5.32 Å². The summed E-state index contributed by atoms with van der Waals surface area (Å²) >= 11 is 0. The van der Waals surface area contributed by atoms with E-state index >= 15 is 0 Å². The molecule has 0 saturated carbocycles. The first-order valence-electron chi connectivity index (χ1n) is 9.54. The lowest BCUT2D eigenvalue weighted by atomic mass is 10.0. The highest BCUT2D eigenvalue weighted by Crippen LogP contribution is 2.19. The Hall–Kier alpha value is -2.66. The van der Waals surface area contributed by atoms with Gasteiger partial charge >= 0.3 is 11.9 Å². The van der Waals surface area contributed by atoms with Crippen LogP contribution in [0.25, 0.3) is 0 Å². The number of carbonyl (C=O) groups is 2. The minimum absolute atomic E-state index is 0.264. The summed E-state index contributed by atoms with van der Waals surface area (Å²) in [4.78, 5) is 25.5. The van der Waals surface area contributed by atoms with E-state index in [9.17, 15) is 9.59 Å². The number of carbonyl (C=O) groups excluding carboxylic acids is 2. The number of hydrogen-bond acceptors (Lipinski definition) is 5. The highest BCUT2D eigenvalue weighted by Gasteiger charge is 2.31. The summed E-state index contributed by atoms with van der Waals surface area (Å²) in [6.45, 7) is 7.49. The second-order valence-corrected chi connectivity index (χ2v) is 7.54. The molecule has 0 amide bonds. The Kier molecular flexibility index (Phi) is 7.76. The van der Waals surface area contributed by atoms with E-state index in [0.29, 0.717) is 6.42 Å². The zero-order valence-electron chi connectivity index (χ0n) is 17.0. The number of hydrogen-bond donors (Lipinski definition) is 1. The van der Waals surface area contributed by atoms with Gasteiger partial charge in [0.05, 0.1) is 6.61 Å². The average molecular weight is 383 g/mol. The first kappa shape index (κ1) is 21.6. The fourth-order valence-electron chi connectivity index (χ4n) is 2.81. The zero-order chi connectivity index (χ0) is 20.6. The minimum Gasteiger partial charge on any atom is -0.465 e. The molecule has 0 aliphatic carbocycles. The molecular weight excluding hydrogens is 354 g/mol. The average Bonchev–Trinajstić information content (AvgIpc) is 2.65. The van der Waals surface area contributed by atoms with Crippen molar-refractivity contribution in [3.05, 3.63) is 71.8 Å². The van der Waals surface area contributed by atoms with Gasteiger partial charge in [0.25, 0.3) is 0 Å². The Morgan fingerprint density at radius 1 is 0.929 bits per heavy atom. The van der Waals surface area contributed by atoms with Crippen molar-refractivity contribution in [3.63, 3.8) is 0 Å². The van der Waals surface area contributed by atoms with Gasteiger partial charge in [0.15, 0.2) is 0 Å². The quantitative estimate of drug-likeness (QED) is 0.702. The summed E-state index contributed by atoms with van der Waals surface area (Å²) in [5.41, 5.74) is 1.09. The van der Waals surface area contributed by atoms with Gasteiger partial charge in [-0.05, 0) is 45.2 Å². The zero-order valence-corrected chi connectivity index (χ0v) is 17.0. The predicted molar refractivity (Wildman–Crippen MR) is 109 cm³/mol. The fraction of sp³-hybridized carbons (Fsp3) is 0.391. The van der Waals surface area contributed by atoms with Gasteiger partial charge in [-0.25, -0.2) is 4.79 Å². The van der Waals surface area contributed by atoms with E-state index < -0.39 is 29.6 Å². The van der Waals surface area contributed by atoms with Gasteiger partial charge in [-0.1, -0.05) is 60.7 Å². The Morgan fingerprint density at radius 3 is 2.04 bits per heavy atom. The van der Waals surface area contributed by atoms with Gasteiger partial charge in [0, 0.05) is 0 Å². The van der Waals surface area contributed by atoms with Crippen LogP contribution >= 0.6 is 0 Å². The molecule has 2 atom stereocenters. The second-order valence-electron chi connectivity index (χ2n) is 7.54. The van der Waals surface area contributed by atoms with Gasteiger partial charge in [0.2, 0.25) is 0 Å². The third-order valence-corrected chi connectivity index (χ3v) is 4.00. The molecule has 0 bridgehead atoms. The summed E-state index contributed by atoms with van der Waals surface area (Å²) in [7, 11) is 0. The molecule has 2 aromatic rings. The van der Waals surface area contributed by atoms with Crippen LogP contribution in [0.15, 0.2) is 60.7 Å². The van der Waals surface area contributed by atoms with E-state index in [1.54, 1.807) is 6.92 Å². The minimum atomic E-state index is -0.762. The summed E-state index contributed by atoms with van der Waals surface area (Å²) in [5, 5.41) is 3.18. The molecule has 0 aromatic heterocycles. The van der Waals surface area contributed by atoms with Crippen LogP contribution in [0.3, 0.4) is 0 Å². The van der Waals surface area contributed by atoms with Gasteiger partial charge in [-0.2, -0.15) is 0 Å². The molecule has 0 saturated heterocycles. The van der Waals surface area contributed by atoms with Crippen LogP contribution in [0, 0.1) is 0 Å². The normalized spacial score (nSPS) is 13.4. The Labute approximate surface area is 167 Å². The number of rotatable bonds is 8. The summed E-state index contributed by atoms with van der Waals surface area (Å²) in [5.74, 6) is -0.822. The molecule has 150 valence electrons. The lowest BCUT2D eigenvalue weighted by molar-refractivity contribution is -0.158. The highest BCUT2D eigenvalue weighted by molar-refractivity contribution is 5.81. The van der Waals surface area contributed by atoms with Crippen molar-refractivity contribution in [2.75, 3.05) is 6.61 Å². The van der Waals surface area contributed by atoms with E-state index in [1.165, 1.54) is 0 Å². The maximum absolute atomic E-state index is 12.9. The second kappa shape index (κ2) is 10.0. The van der Waals surface area contributed by atoms with Crippen LogP contribution in [-0.2, 0) is 25.5 Å². The Bertz CT molecular complexity index is 753. The van der Waals surface area contributed by atoms with Crippen LogP contribution in [0.4, 0.5) is 0 Å². The summed E-state index contributed by atoms with van der Waals surface area (Å²) in [6.07, 6.45) is 0.401. The molecule has 0 radical (unpaired) electrons. The van der Waals surface area contributed by atoms with Crippen molar-refractivity contribution in [1.82, 2.24) is 5.32 Å². The Morgan fingerprint density at radius 2 is 1.50 bits per heavy atom. The number of benzene rings is 2. The van der Waals surface area contributed by atoms with E-state index in [0.717, 1.165) is 11.1 Å². The molecule has 2 rings (SSSR count). The maximum Gasteiger partial charge on any atom is 0.327 e. The van der Waals surface area contributed by atoms with E-state index in [-0.39, 0.29) is 6.61 Å². The topological polar surface area (TPSA) is 64.6 Å². The van der Waals surface area contributed by atoms with Crippen molar-refractivity contribution in [2.24, 2.45) is 0 Å². The third kappa shape index (κ3) is 6.82. The van der Waals surface area contributed by atoms with Crippen LogP contribution in [-0.4, -0.2) is 30.2 Å². The van der Waals surface area contributed by atoms with Crippen LogP contribution in [0.5, 0.6) is 0 Å². The molecule has 28 heavy (non-hydrogen) atoms. The molecule has 0 spiro atoms. The fourth-order valence-corrected chi connectivity index (χ4v) is 2.81. The van der Waals surface area contributed by atoms with Gasteiger partial charge < -0.3 is 9.47 Å². The number of ether oxygens (including phenoxy) is 2. The van der Waals surface area contributed by atoms with Crippen molar-refractivity contribution in [1.29, 1.82) is 0 Å². The molecule has 2 aromatic carbocycles. The first-order chi connectivity index (χ1) is 13.3. The predicted octanol–water partition coefficient (Wildman–Crippen LogP) is 3.83. The molecule has 1 N–H and O–H groups in total. The number of nitrogens with one attached hydrogen (secondary N) is 1. The SMILES string of the molecule is CCOC(=O)C(N[C@@H](Cc1ccccc1)C(=O)OC(C)(C)C)c1ccccc1. The van der Waals surface area contributed by atoms with Crippen LogP contribution in [0.1, 0.15) is 44.9 Å². The largest absolute Gasteiger partial charge is 0.465 e. The molecule has 0 fully saturated rings. The van der Waals surface area contributed by atoms with Crippen molar-refractivity contribution >= 4 is 11.9 Å². The Balaban J connectivity index is 2.30. The van der Waals surface area contributed by atoms with Crippen molar-refractivity contribution in [2.45, 2.75) is 51.8 Å². The molecular formula is C23H29NO4. The molecule has 0 heterocycles. The molecule has 0 aliphatic heterocycles. The standard InChI is InChI=1S/C23H29NO4/c1-5-27-22(26)20(18-14-10-7-11-15-18)24-19(21(25)28-23(2,3)4)16-17-12-8-6-9-13-17/h6-15,19-20,24H,5,16H2,1-4H3/t19-,20?/m0/s1. The van der Waals surface area contributed by atoms with Crippen LogP contribution < -0.4 is 5.32 Å².